The average Bonchev–Trinajstić information content (AvgIpc) is 2.36. The number of rotatable bonds is 2. The molecule has 1 unspecified atom stereocenters. The Labute approximate surface area is 65.6 Å². The van der Waals surface area contributed by atoms with Gasteiger partial charge in [-0.15, -0.1) is 0 Å². The van der Waals surface area contributed by atoms with E-state index in [-0.39, 0.29) is 11.8 Å². The fourth-order valence-electron chi connectivity index (χ4n) is 1.32. The molecule has 1 fully saturated rings. The molecule has 1 aliphatic rings. The van der Waals surface area contributed by atoms with Crippen molar-refractivity contribution in [1.29, 1.82) is 0 Å². The topological polar surface area (TPSA) is 49.4 Å². The third-order valence-electron chi connectivity index (χ3n) is 1.96. The van der Waals surface area contributed by atoms with E-state index < -0.39 is 0 Å². The summed E-state index contributed by atoms with van der Waals surface area (Å²) in [5, 5.41) is 2.16. The van der Waals surface area contributed by atoms with Crippen molar-refractivity contribution in [2.24, 2.45) is 5.92 Å². The molecule has 11 heavy (non-hydrogen) atoms. The number of carbonyl (C=O) groups excluding carboxylic acids is 2. The van der Waals surface area contributed by atoms with Crippen LogP contribution < -0.4 is 5.32 Å². The van der Waals surface area contributed by atoms with Crippen LogP contribution in [0.5, 0.6) is 0 Å². The third kappa shape index (κ3) is 2.01. The molecule has 0 aromatic rings. The van der Waals surface area contributed by atoms with Gasteiger partial charge in [-0.05, 0) is 20.0 Å². The lowest BCUT2D eigenvalue weighted by Gasteiger charge is -2.07. The van der Waals surface area contributed by atoms with E-state index in [1.54, 1.807) is 0 Å². The molecule has 0 aromatic heterocycles. The van der Waals surface area contributed by atoms with E-state index in [2.05, 4.69) is 10.2 Å². The zero-order valence-corrected chi connectivity index (χ0v) is 6.54. The zero-order valence-electron chi connectivity index (χ0n) is 6.54. The van der Waals surface area contributed by atoms with Crippen LogP contribution in [0.2, 0.25) is 0 Å². The van der Waals surface area contributed by atoms with Crippen molar-refractivity contribution in [2.45, 2.75) is 6.42 Å². The van der Waals surface area contributed by atoms with Gasteiger partial charge in [-0.2, -0.15) is 0 Å². The van der Waals surface area contributed by atoms with Gasteiger partial charge in [-0.3, -0.25) is 14.9 Å². The SMILES string of the molecule is CN1CCC(C(=O)NC=O)C1. The summed E-state index contributed by atoms with van der Waals surface area (Å²) in [6, 6.07) is 0. The molecule has 1 saturated heterocycles. The predicted molar refractivity (Wildman–Crippen MR) is 39.8 cm³/mol. The van der Waals surface area contributed by atoms with Crippen molar-refractivity contribution < 1.29 is 9.59 Å². The van der Waals surface area contributed by atoms with E-state index in [0.717, 1.165) is 19.5 Å². The van der Waals surface area contributed by atoms with Gasteiger partial charge < -0.3 is 4.90 Å². The first-order valence-electron chi connectivity index (χ1n) is 3.66. The fraction of sp³-hybridized carbons (Fsp3) is 0.714. The first-order chi connectivity index (χ1) is 5.24. The summed E-state index contributed by atoms with van der Waals surface area (Å²) >= 11 is 0. The molecule has 0 aromatic carbocycles. The molecule has 1 N–H and O–H groups in total. The predicted octanol–water partition coefficient (Wildman–Crippen LogP) is -0.789. The summed E-state index contributed by atoms with van der Waals surface area (Å²) in [5.41, 5.74) is 0. The minimum atomic E-state index is -0.149. The van der Waals surface area contributed by atoms with Crippen molar-refractivity contribution in [3.05, 3.63) is 0 Å². The van der Waals surface area contributed by atoms with Crippen LogP contribution in [0.25, 0.3) is 0 Å². The van der Waals surface area contributed by atoms with Gasteiger partial charge in [-0.1, -0.05) is 0 Å². The Morgan fingerprint density at radius 2 is 2.45 bits per heavy atom. The maximum absolute atomic E-state index is 11.0. The van der Waals surface area contributed by atoms with Crippen molar-refractivity contribution in [3.8, 4) is 0 Å². The van der Waals surface area contributed by atoms with Gasteiger partial charge in [-0.25, -0.2) is 0 Å². The van der Waals surface area contributed by atoms with Gasteiger partial charge in [0.05, 0.1) is 5.92 Å². The Morgan fingerprint density at radius 3 is 2.91 bits per heavy atom. The Hall–Kier alpha value is -0.900. The van der Waals surface area contributed by atoms with Crippen LogP contribution in [-0.2, 0) is 9.59 Å². The highest BCUT2D eigenvalue weighted by Crippen LogP contribution is 2.13. The maximum Gasteiger partial charge on any atom is 0.230 e. The van der Waals surface area contributed by atoms with Gasteiger partial charge in [0.2, 0.25) is 12.3 Å². The molecule has 1 aliphatic heterocycles. The fourth-order valence-corrected chi connectivity index (χ4v) is 1.32. The monoisotopic (exact) mass is 156 g/mol. The second-order valence-electron chi connectivity index (χ2n) is 2.87. The maximum atomic E-state index is 11.0. The summed E-state index contributed by atoms with van der Waals surface area (Å²) in [7, 11) is 1.97. The number of imide groups is 1. The lowest BCUT2D eigenvalue weighted by Crippen LogP contribution is -2.30. The van der Waals surface area contributed by atoms with Crippen LogP contribution in [-0.4, -0.2) is 37.4 Å². The number of likely N-dealkylation sites (tertiary alicyclic amines) is 1. The van der Waals surface area contributed by atoms with Crippen molar-refractivity contribution in [1.82, 2.24) is 10.2 Å². The molecule has 1 heterocycles. The van der Waals surface area contributed by atoms with E-state index in [1.165, 1.54) is 0 Å². The number of amides is 2. The number of carbonyl (C=O) groups is 2. The second kappa shape index (κ2) is 3.48. The van der Waals surface area contributed by atoms with Gasteiger partial charge in [0, 0.05) is 6.54 Å². The average molecular weight is 156 g/mol. The van der Waals surface area contributed by atoms with E-state index >= 15 is 0 Å². The molecule has 0 saturated carbocycles. The summed E-state index contributed by atoms with van der Waals surface area (Å²) in [6.45, 7) is 1.70. The van der Waals surface area contributed by atoms with Gasteiger partial charge >= 0.3 is 0 Å². The van der Waals surface area contributed by atoms with E-state index in [0.29, 0.717) is 6.41 Å². The molecule has 2 amide bonds. The van der Waals surface area contributed by atoms with Crippen LogP contribution in [0.15, 0.2) is 0 Å². The Morgan fingerprint density at radius 1 is 1.73 bits per heavy atom. The van der Waals surface area contributed by atoms with E-state index in [9.17, 15) is 9.59 Å². The molecule has 1 rings (SSSR count). The highest BCUT2D eigenvalue weighted by molar-refractivity contribution is 5.87. The van der Waals surface area contributed by atoms with E-state index in [4.69, 9.17) is 0 Å². The molecule has 0 spiro atoms. The molecule has 4 nitrogen and oxygen atoms in total. The van der Waals surface area contributed by atoms with Crippen molar-refractivity contribution >= 4 is 12.3 Å². The molecule has 4 heteroatoms. The first kappa shape index (κ1) is 8.20. The number of hydrogen-bond donors (Lipinski definition) is 1. The minimum absolute atomic E-state index is 0.00481. The Kier molecular flexibility index (Phi) is 2.59. The summed E-state index contributed by atoms with van der Waals surface area (Å²) < 4.78 is 0. The highest BCUT2D eigenvalue weighted by Gasteiger charge is 2.25. The summed E-state index contributed by atoms with van der Waals surface area (Å²) in [6.07, 6.45) is 1.30. The highest BCUT2D eigenvalue weighted by atomic mass is 16.2. The van der Waals surface area contributed by atoms with Crippen molar-refractivity contribution in [3.63, 3.8) is 0 Å². The number of hydrogen-bond acceptors (Lipinski definition) is 3. The van der Waals surface area contributed by atoms with Crippen LogP contribution >= 0.6 is 0 Å². The second-order valence-corrected chi connectivity index (χ2v) is 2.87. The Bertz CT molecular complexity index is 170. The zero-order chi connectivity index (χ0) is 8.27. The third-order valence-corrected chi connectivity index (χ3v) is 1.96. The lowest BCUT2D eigenvalue weighted by molar-refractivity contribution is -0.128. The normalized spacial score (nSPS) is 25.0. The molecule has 0 bridgehead atoms. The standard InChI is InChI=1S/C7H12N2O2/c1-9-3-2-6(4-9)7(11)8-5-10/h5-6H,2-4H2,1H3,(H,8,10,11). The van der Waals surface area contributed by atoms with Gasteiger partial charge in [0.15, 0.2) is 0 Å². The number of nitrogens with zero attached hydrogens (tertiary/aromatic N) is 1. The Balaban J connectivity index is 2.36. The summed E-state index contributed by atoms with van der Waals surface area (Å²) in [5.74, 6) is -0.144. The van der Waals surface area contributed by atoms with Crippen LogP contribution in [0.3, 0.4) is 0 Å². The molecule has 62 valence electrons. The quantitative estimate of drug-likeness (QED) is 0.533. The largest absolute Gasteiger partial charge is 0.306 e. The first-order valence-corrected chi connectivity index (χ1v) is 3.66. The number of nitrogens with one attached hydrogen (secondary N) is 1. The van der Waals surface area contributed by atoms with Crippen LogP contribution in [0, 0.1) is 5.92 Å². The van der Waals surface area contributed by atoms with Crippen LogP contribution in [0.1, 0.15) is 6.42 Å². The summed E-state index contributed by atoms with van der Waals surface area (Å²) in [4.78, 5) is 23.0. The molecule has 0 aliphatic carbocycles. The minimum Gasteiger partial charge on any atom is -0.306 e. The van der Waals surface area contributed by atoms with E-state index in [1.807, 2.05) is 7.05 Å². The molecular weight excluding hydrogens is 144 g/mol. The van der Waals surface area contributed by atoms with Gasteiger partial charge in [0.25, 0.3) is 0 Å². The smallest absolute Gasteiger partial charge is 0.230 e. The van der Waals surface area contributed by atoms with Gasteiger partial charge in [0.1, 0.15) is 0 Å². The molecule has 0 radical (unpaired) electrons. The lowest BCUT2D eigenvalue weighted by atomic mass is 10.1. The van der Waals surface area contributed by atoms with Crippen LogP contribution in [0.4, 0.5) is 0 Å². The molecular formula is C7H12N2O2. The van der Waals surface area contributed by atoms with Crippen molar-refractivity contribution in [2.75, 3.05) is 20.1 Å². The molecule has 1 atom stereocenters.